The number of methoxy groups -OCH3 is 2. The Labute approximate surface area is 148 Å². The highest BCUT2D eigenvalue weighted by Gasteiger charge is 2.28. The zero-order valence-electron chi connectivity index (χ0n) is 14.6. The predicted molar refractivity (Wildman–Crippen MR) is 99.6 cm³/mol. The number of ketones is 1. The smallest absolute Gasteiger partial charge is 0.192 e. The van der Waals surface area contributed by atoms with Crippen molar-refractivity contribution in [2.24, 2.45) is 0 Å². The van der Waals surface area contributed by atoms with Crippen molar-refractivity contribution in [3.8, 4) is 0 Å². The maximum Gasteiger partial charge on any atom is 0.192 e. The zero-order valence-corrected chi connectivity index (χ0v) is 14.6. The lowest BCUT2D eigenvalue weighted by atomic mass is 9.85. The van der Waals surface area contributed by atoms with Crippen molar-refractivity contribution in [1.29, 1.82) is 0 Å². The quantitative estimate of drug-likeness (QED) is 0.592. The normalized spacial score (nSPS) is 18.6. The number of allylic oxidation sites excluding steroid dienone is 2. The van der Waals surface area contributed by atoms with Crippen LogP contribution in [0.15, 0.2) is 71.8 Å². The molecule has 0 unspecified atom stereocenters. The van der Waals surface area contributed by atoms with Crippen LogP contribution in [0.2, 0.25) is 0 Å². The van der Waals surface area contributed by atoms with Gasteiger partial charge >= 0.3 is 0 Å². The van der Waals surface area contributed by atoms with Crippen LogP contribution < -0.4 is 0 Å². The van der Waals surface area contributed by atoms with Gasteiger partial charge in [-0.3, -0.25) is 4.79 Å². The molecule has 0 aliphatic heterocycles. The van der Waals surface area contributed by atoms with Crippen molar-refractivity contribution >= 4 is 17.3 Å². The fourth-order valence-corrected chi connectivity index (χ4v) is 3.29. The van der Waals surface area contributed by atoms with E-state index in [1.54, 1.807) is 14.2 Å². The van der Waals surface area contributed by atoms with Crippen molar-refractivity contribution in [2.45, 2.75) is 19.3 Å². The van der Waals surface area contributed by atoms with E-state index in [9.17, 15) is 4.79 Å². The van der Waals surface area contributed by atoms with Crippen molar-refractivity contribution in [3.05, 3.63) is 82.9 Å². The topological polar surface area (TPSA) is 35.5 Å². The zero-order chi connectivity index (χ0) is 17.6. The Morgan fingerprint density at radius 2 is 1.12 bits per heavy atom. The van der Waals surface area contributed by atoms with Crippen LogP contribution in [0, 0.1) is 0 Å². The molecule has 1 aliphatic carbocycles. The van der Waals surface area contributed by atoms with Crippen LogP contribution in [0.25, 0.3) is 11.5 Å². The predicted octanol–water partition coefficient (Wildman–Crippen LogP) is 4.85. The van der Waals surface area contributed by atoms with E-state index in [-0.39, 0.29) is 5.78 Å². The summed E-state index contributed by atoms with van der Waals surface area (Å²) < 4.78 is 11.2. The number of Topliss-reactive ketones (excluding diaryl/α,β-unsaturated/α-hetero) is 1. The lowest BCUT2D eigenvalue weighted by Gasteiger charge is -2.22. The molecular formula is C22H22O3. The minimum atomic E-state index is 0.0210. The van der Waals surface area contributed by atoms with Gasteiger partial charge in [0.25, 0.3) is 0 Å². The molecule has 0 radical (unpaired) electrons. The molecule has 2 aromatic carbocycles. The van der Waals surface area contributed by atoms with E-state index in [2.05, 4.69) is 0 Å². The van der Waals surface area contributed by atoms with Crippen LogP contribution in [0.5, 0.6) is 0 Å². The molecule has 0 atom stereocenters. The van der Waals surface area contributed by atoms with Crippen molar-refractivity contribution < 1.29 is 14.3 Å². The second-order valence-electron chi connectivity index (χ2n) is 5.94. The van der Waals surface area contributed by atoms with Crippen LogP contribution in [-0.4, -0.2) is 20.0 Å². The molecule has 0 N–H and O–H groups in total. The molecule has 2 aromatic rings. The third kappa shape index (κ3) is 3.50. The molecule has 25 heavy (non-hydrogen) atoms. The van der Waals surface area contributed by atoms with E-state index in [0.717, 1.165) is 28.7 Å². The Bertz CT molecular complexity index is 734. The van der Waals surface area contributed by atoms with Gasteiger partial charge in [-0.15, -0.1) is 0 Å². The van der Waals surface area contributed by atoms with Gasteiger partial charge in [-0.1, -0.05) is 60.7 Å². The monoisotopic (exact) mass is 334 g/mol. The van der Waals surface area contributed by atoms with Crippen LogP contribution in [0.4, 0.5) is 0 Å². The van der Waals surface area contributed by atoms with Gasteiger partial charge in [0, 0.05) is 22.3 Å². The molecule has 1 fully saturated rings. The van der Waals surface area contributed by atoms with Crippen molar-refractivity contribution in [2.75, 3.05) is 14.2 Å². The van der Waals surface area contributed by atoms with Crippen molar-refractivity contribution in [1.82, 2.24) is 0 Å². The van der Waals surface area contributed by atoms with Crippen molar-refractivity contribution in [3.63, 3.8) is 0 Å². The Morgan fingerprint density at radius 1 is 0.720 bits per heavy atom. The van der Waals surface area contributed by atoms with E-state index in [0.29, 0.717) is 24.4 Å². The highest BCUT2D eigenvalue weighted by Crippen LogP contribution is 2.35. The lowest BCUT2D eigenvalue weighted by molar-refractivity contribution is -0.113. The number of ether oxygens (including phenoxy) is 2. The average molecular weight is 334 g/mol. The van der Waals surface area contributed by atoms with Gasteiger partial charge in [-0.25, -0.2) is 0 Å². The van der Waals surface area contributed by atoms with Gasteiger partial charge in [-0.2, -0.15) is 0 Å². The molecule has 0 aromatic heterocycles. The van der Waals surface area contributed by atoms with Gasteiger partial charge in [-0.05, 0) is 19.3 Å². The third-order valence-electron chi connectivity index (χ3n) is 4.43. The highest BCUT2D eigenvalue weighted by molar-refractivity contribution is 6.16. The lowest BCUT2D eigenvalue weighted by Crippen LogP contribution is -2.17. The molecule has 1 aliphatic rings. The van der Waals surface area contributed by atoms with E-state index in [4.69, 9.17) is 9.47 Å². The molecule has 3 nitrogen and oxygen atoms in total. The number of benzene rings is 2. The van der Waals surface area contributed by atoms with E-state index in [1.165, 1.54) is 0 Å². The molecule has 0 bridgehead atoms. The standard InChI is InChI=1S/C22H22O3/c1-24-21(16-10-5-3-6-11-16)18-14-9-15-19(20(18)23)22(25-2)17-12-7-4-8-13-17/h3-8,10-13H,9,14-15H2,1-2H3/b21-18-,22-19-. The minimum absolute atomic E-state index is 0.0210. The number of carbonyl (C=O) groups excluding carboxylic acids is 1. The van der Waals surface area contributed by atoms with E-state index < -0.39 is 0 Å². The summed E-state index contributed by atoms with van der Waals surface area (Å²) >= 11 is 0. The fraction of sp³-hybridized carbons (Fsp3) is 0.227. The van der Waals surface area contributed by atoms with Gasteiger partial charge in [0.2, 0.25) is 0 Å². The molecule has 3 heteroatoms. The van der Waals surface area contributed by atoms with E-state index >= 15 is 0 Å². The summed E-state index contributed by atoms with van der Waals surface area (Å²) in [7, 11) is 3.24. The molecule has 0 spiro atoms. The van der Waals surface area contributed by atoms with Crippen LogP contribution in [0.1, 0.15) is 30.4 Å². The SMILES string of the molecule is CO/C(=C1/CCC/C(=C(/OC)c2ccccc2)C1=O)c1ccccc1. The Kier molecular flexibility index (Phi) is 5.34. The molecule has 0 heterocycles. The summed E-state index contributed by atoms with van der Waals surface area (Å²) in [5, 5.41) is 0. The first-order valence-electron chi connectivity index (χ1n) is 8.46. The Balaban J connectivity index is 2.09. The third-order valence-corrected chi connectivity index (χ3v) is 4.43. The summed E-state index contributed by atoms with van der Waals surface area (Å²) in [5.41, 5.74) is 3.29. The maximum atomic E-state index is 13.2. The second kappa shape index (κ2) is 7.84. The summed E-state index contributed by atoms with van der Waals surface area (Å²) in [5.74, 6) is 1.34. The summed E-state index contributed by atoms with van der Waals surface area (Å²) in [6.07, 6.45) is 2.33. The molecule has 1 saturated carbocycles. The highest BCUT2D eigenvalue weighted by atomic mass is 16.5. The average Bonchev–Trinajstić information content (AvgIpc) is 2.67. The van der Waals surface area contributed by atoms with Crippen LogP contribution in [0.3, 0.4) is 0 Å². The van der Waals surface area contributed by atoms with Gasteiger partial charge in [0.1, 0.15) is 11.5 Å². The number of hydrogen-bond donors (Lipinski definition) is 0. The van der Waals surface area contributed by atoms with Crippen LogP contribution >= 0.6 is 0 Å². The molecule has 0 amide bonds. The Hall–Kier alpha value is -2.81. The first kappa shape index (κ1) is 17.0. The fourth-order valence-electron chi connectivity index (χ4n) is 3.29. The van der Waals surface area contributed by atoms with Gasteiger partial charge in [0.05, 0.1) is 14.2 Å². The van der Waals surface area contributed by atoms with Gasteiger partial charge < -0.3 is 9.47 Å². The first-order chi connectivity index (χ1) is 12.3. The van der Waals surface area contributed by atoms with Crippen LogP contribution in [-0.2, 0) is 14.3 Å². The first-order valence-corrected chi connectivity index (χ1v) is 8.46. The second-order valence-corrected chi connectivity index (χ2v) is 5.94. The Morgan fingerprint density at radius 3 is 1.48 bits per heavy atom. The number of carbonyl (C=O) groups is 1. The molecule has 0 saturated heterocycles. The molecular weight excluding hydrogens is 312 g/mol. The largest absolute Gasteiger partial charge is 0.496 e. The summed E-state index contributed by atoms with van der Waals surface area (Å²) in [6.45, 7) is 0. The number of hydrogen-bond acceptors (Lipinski definition) is 3. The number of rotatable bonds is 4. The minimum Gasteiger partial charge on any atom is -0.496 e. The summed E-state index contributed by atoms with van der Waals surface area (Å²) in [4.78, 5) is 13.2. The molecule has 3 rings (SSSR count). The van der Waals surface area contributed by atoms with E-state index in [1.807, 2.05) is 60.7 Å². The maximum absolute atomic E-state index is 13.2. The molecule has 128 valence electrons. The summed E-state index contributed by atoms with van der Waals surface area (Å²) in [6, 6.07) is 19.6. The van der Waals surface area contributed by atoms with Gasteiger partial charge in [0.15, 0.2) is 5.78 Å².